The summed E-state index contributed by atoms with van der Waals surface area (Å²) in [5, 5.41) is 2.52. The summed E-state index contributed by atoms with van der Waals surface area (Å²) in [4.78, 5) is 0. The molecule has 25 heavy (non-hydrogen) atoms. The topological polar surface area (TPSA) is 7.76 Å². The van der Waals surface area contributed by atoms with Gasteiger partial charge in [-0.1, -0.05) is 36.4 Å². The lowest BCUT2D eigenvalue weighted by atomic mass is 10.0. The summed E-state index contributed by atoms with van der Waals surface area (Å²) in [5.41, 5.74) is 6.20. The maximum absolute atomic E-state index is 2.28. The molecule has 0 aliphatic carbocycles. The second kappa shape index (κ2) is 6.14. The Bertz CT molecular complexity index is 1080. The highest BCUT2D eigenvalue weighted by Crippen LogP contribution is 2.23. The first-order valence-electron chi connectivity index (χ1n) is 8.59. The number of hydrogen-bond donors (Lipinski definition) is 0. The molecule has 2 heterocycles. The number of fused-ring (bicyclic) bond motifs is 1. The molecule has 0 spiro atoms. The minimum atomic E-state index is 1.20. The van der Waals surface area contributed by atoms with Crippen molar-refractivity contribution in [2.45, 2.75) is 6.92 Å². The number of aryl methyl sites for hydroxylation is 2. The summed E-state index contributed by atoms with van der Waals surface area (Å²) in [5.74, 6) is 0. The molecule has 0 unspecified atom stereocenters. The number of pyridine rings is 2. The van der Waals surface area contributed by atoms with Crippen LogP contribution in [0.2, 0.25) is 0 Å². The summed E-state index contributed by atoms with van der Waals surface area (Å²) < 4.78 is 4.49. The zero-order chi connectivity index (χ0) is 17.4. The van der Waals surface area contributed by atoms with Gasteiger partial charge in [-0.25, -0.2) is 0 Å². The van der Waals surface area contributed by atoms with Gasteiger partial charge in [-0.2, -0.15) is 9.13 Å². The van der Waals surface area contributed by atoms with Gasteiger partial charge in [-0.15, -0.1) is 0 Å². The van der Waals surface area contributed by atoms with Crippen LogP contribution in [-0.4, -0.2) is 0 Å². The first-order valence-corrected chi connectivity index (χ1v) is 8.59. The van der Waals surface area contributed by atoms with Gasteiger partial charge in [0.15, 0.2) is 6.20 Å². The van der Waals surface area contributed by atoms with Crippen LogP contribution in [0.4, 0.5) is 0 Å². The predicted molar refractivity (Wildman–Crippen MR) is 102 cm³/mol. The Morgan fingerprint density at radius 2 is 1.32 bits per heavy atom. The minimum absolute atomic E-state index is 1.20. The van der Waals surface area contributed by atoms with Gasteiger partial charge in [0.05, 0.1) is 0 Å². The first-order chi connectivity index (χ1) is 12.1. The highest BCUT2D eigenvalue weighted by atomic mass is 15.0. The maximum atomic E-state index is 2.28. The molecule has 0 radical (unpaired) electrons. The van der Waals surface area contributed by atoms with Crippen LogP contribution in [0.25, 0.3) is 33.4 Å². The molecule has 0 saturated heterocycles. The Labute approximate surface area is 148 Å². The van der Waals surface area contributed by atoms with Crippen LogP contribution >= 0.6 is 0 Å². The van der Waals surface area contributed by atoms with Crippen LogP contribution in [0.15, 0.2) is 79.0 Å². The Morgan fingerprint density at radius 3 is 2.12 bits per heavy atom. The molecule has 122 valence electrons. The van der Waals surface area contributed by atoms with Gasteiger partial charge in [0.25, 0.3) is 11.4 Å². The molecule has 0 fully saturated rings. The Morgan fingerprint density at radius 1 is 0.640 bits per heavy atom. The first kappa shape index (κ1) is 15.5. The van der Waals surface area contributed by atoms with E-state index in [1.54, 1.807) is 0 Å². The van der Waals surface area contributed by atoms with E-state index >= 15 is 0 Å². The normalized spacial score (nSPS) is 11.0. The Balaban J connectivity index is 1.94. The number of rotatable bonds is 2. The molecular weight excluding hydrogens is 304 g/mol. The van der Waals surface area contributed by atoms with Crippen LogP contribution in [0.5, 0.6) is 0 Å². The van der Waals surface area contributed by atoms with Crippen molar-refractivity contribution in [3.8, 4) is 22.6 Å². The zero-order valence-corrected chi connectivity index (χ0v) is 14.9. The predicted octanol–water partition coefficient (Wildman–Crippen LogP) is 4.13. The Hall–Kier alpha value is -3.00. The molecule has 4 aromatic rings. The van der Waals surface area contributed by atoms with E-state index in [0.29, 0.717) is 0 Å². The zero-order valence-electron chi connectivity index (χ0n) is 14.9. The second-order valence-electron chi connectivity index (χ2n) is 6.57. The lowest BCUT2D eigenvalue weighted by Gasteiger charge is -2.07. The van der Waals surface area contributed by atoms with E-state index in [1.165, 1.54) is 39.0 Å². The van der Waals surface area contributed by atoms with E-state index in [-0.39, 0.29) is 0 Å². The minimum Gasteiger partial charge on any atom is -0.195 e. The van der Waals surface area contributed by atoms with Crippen molar-refractivity contribution in [1.82, 2.24) is 0 Å². The fraction of sp³-hybridized carbons (Fsp3) is 0.130. The Kier molecular flexibility index (Phi) is 3.81. The molecule has 0 N–H and O–H groups in total. The van der Waals surface area contributed by atoms with Crippen molar-refractivity contribution in [1.29, 1.82) is 0 Å². The summed E-state index contributed by atoms with van der Waals surface area (Å²) in [7, 11) is 4.26. The fourth-order valence-electron chi connectivity index (χ4n) is 3.51. The smallest absolute Gasteiger partial charge is 0.195 e. The van der Waals surface area contributed by atoms with Crippen molar-refractivity contribution < 1.29 is 9.13 Å². The van der Waals surface area contributed by atoms with Crippen LogP contribution in [0, 0.1) is 6.92 Å². The highest BCUT2D eigenvalue weighted by molar-refractivity contribution is 5.83. The lowest BCUT2D eigenvalue weighted by molar-refractivity contribution is -0.684. The van der Waals surface area contributed by atoms with Gasteiger partial charge in [-0.05, 0) is 36.1 Å². The van der Waals surface area contributed by atoms with Gasteiger partial charge in [0.1, 0.15) is 14.1 Å². The quantitative estimate of drug-likeness (QED) is 0.489. The molecule has 2 aromatic carbocycles. The van der Waals surface area contributed by atoms with Gasteiger partial charge >= 0.3 is 0 Å². The summed E-state index contributed by atoms with van der Waals surface area (Å²) in [6.45, 7) is 2.16. The molecule has 2 nitrogen and oxygen atoms in total. The number of benzene rings is 2. The molecule has 0 saturated carbocycles. The van der Waals surface area contributed by atoms with Crippen molar-refractivity contribution in [3.63, 3.8) is 0 Å². The molecule has 0 aliphatic heterocycles. The molecule has 2 aromatic heterocycles. The van der Waals surface area contributed by atoms with Crippen molar-refractivity contribution >= 4 is 10.8 Å². The summed E-state index contributed by atoms with van der Waals surface area (Å²) >= 11 is 0. The number of nitrogens with zero attached hydrogens (tertiary/aromatic N) is 2. The SMILES string of the molecule is Cc1ccccc1-c1cccc(-c2cc3ccccc3c[n+]2C)[n+]1C. The third kappa shape index (κ3) is 2.70. The number of hydrogen-bond acceptors (Lipinski definition) is 0. The van der Waals surface area contributed by atoms with Gasteiger partial charge in [0.2, 0.25) is 5.69 Å². The van der Waals surface area contributed by atoms with Crippen molar-refractivity contribution in [3.05, 3.63) is 84.6 Å². The number of aromatic nitrogens is 2. The fourth-order valence-corrected chi connectivity index (χ4v) is 3.51. The van der Waals surface area contributed by atoms with Crippen LogP contribution in [0.1, 0.15) is 5.56 Å². The van der Waals surface area contributed by atoms with Gasteiger partial charge in [-0.3, -0.25) is 0 Å². The lowest BCUT2D eigenvalue weighted by Crippen LogP contribution is -2.40. The van der Waals surface area contributed by atoms with Crippen molar-refractivity contribution in [2.24, 2.45) is 14.1 Å². The molecular formula is C23H22N2+2. The second-order valence-corrected chi connectivity index (χ2v) is 6.57. The molecule has 0 amide bonds. The van der Waals surface area contributed by atoms with E-state index in [9.17, 15) is 0 Å². The van der Waals surface area contributed by atoms with E-state index < -0.39 is 0 Å². The van der Waals surface area contributed by atoms with E-state index in [2.05, 4.69) is 109 Å². The van der Waals surface area contributed by atoms with Crippen molar-refractivity contribution in [2.75, 3.05) is 0 Å². The van der Waals surface area contributed by atoms with E-state index in [0.717, 1.165) is 0 Å². The summed E-state index contributed by atoms with van der Waals surface area (Å²) in [6.07, 6.45) is 2.20. The van der Waals surface area contributed by atoms with Crippen LogP contribution in [-0.2, 0) is 14.1 Å². The van der Waals surface area contributed by atoms with E-state index in [4.69, 9.17) is 0 Å². The van der Waals surface area contributed by atoms with Crippen LogP contribution < -0.4 is 9.13 Å². The van der Waals surface area contributed by atoms with Gasteiger partial charge in [0, 0.05) is 29.1 Å². The molecule has 0 aliphatic rings. The highest BCUT2D eigenvalue weighted by Gasteiger charge is 2.23. The third-order valence-corrected chi connectivity index (χ3v) is 4.92. The average Bonchev–Trinajstić information content (AvgIpc) is 2.62. The monoisotopic (exact) mass is 326 g/mol. The third-order valence-electron chi connectivity index (χ3n) is 4.92. The molecule has 2 heteroatoms. The van der Waals surface area contributed by atoms with Crippen LogP contribution in [0.3, 0.4) is 0 Å². The largest absolute Gasteiger partial charge is 0.277 e. The molecule has 4 rings (SSSR count). The molecule has 0 bridgehead atoms. The standard InChI is InChI=1S/C23H22N2/c1-17-9-4-7-12-20(17)21-13-8-14-22(25(21)3)23-15-18-10-5-6-11-19(18)16-24(23)2/h4-16H,1-3H3/q+2. The average molecular weight is 326 g/mol. The van der Waals surface area contributed by atoms with Gasteiger partial charge < -0.3 is 0 Å². The molecule has 0 atom stereocenters. The van der Waals surface area contributed by atoms with E-state index in [1.807, 2.05) is 0 Å². The summed E-state index contributed by atoms with van der Waals surface area (Å²) in [6, 6.07) is 25.8. The maximum Gasteiger partial charge on any atom is 0.277 e.